The molecule has 0 fully saturated rings. The van der Waals surface area contributed by atoms with Crippen LogP contribution in [0.2, 0.25) is 0 Å². The molecule has 0 bridgehead atoms. The van der Waals surface area contributed by atoms with Crippen molar-refractivity contribution in [3.63, 3.8) is 0 Å². The van der Waals surface area contributed by atoms with Crippen LogP contribution in [0, 0.1) is 0 Å². The Kier molecular flexibility index (Phi) is 5.19. The number of thiophene rings is 1. The smallest absolute Gasteiger partial charge is 0.276 e. The van der Waals surface area contributed by atoms with E-state index < -0.39 is 5.91 Å². The van der Waals surface area contributed by atoms with Crippen LogP contribution in [-0.2, 0) is 19.5 Å². The van der Waals surface area contributed by atoms with Crippen LogP contribution in [0.4, 0.5) is 5.00 Å². The molecule has 0 spiro atoms. The summed E-state index contributed by atoms with van der Waals surface area (Å²) in [7, 11) is 0. The highest BCUT2D eigenvalue weighted by Gasteiger charge is 2.27. The monoisotopic (exact) mass is 361 g/mol. The Morgan fingerprint density at radius 1 is 1.40 bits per heavy atom. The van der Waals surface area contributed by atoms with Crippen molar-refractivity contribution in [1.29, 1.82) is 0 Å². The second-order valence-corrected chi connectivity index (χ2v) is 7.21. The minimum atomic E-state index is -0.490. The van der Waals surface area contributed by atoms with E-state index >= 15 is 0 Å². The number of rotatable bonds is 6. The first-order chi connectivity index (χ1) is 12.0. The van der Waals surface area contributed by atoms with Crippen LogP contribution in [0.5, 0.6) is 0 Å². The van der Waals surface area contributed by atoms with Crippen LogP contribution in [0.15, 0.2) is 12.3 Å². The van der Waals surface area contributed by atoms with E-state index in [1.54, 1.807) is 16.9 Å². The molecular formula is C17H23N5O2S. The number of carbonyl (C=O) groups excluding carboxylic acids is 2. The van der Waals surface area contributed by atoms with Gasteiger partial charge in [-0.05, 0) is 37.9 Å². The second-order valence-electron chi connectivity index (χ2n) is 6.11. The van der Waals surface area contributed by atoms with Gasteiger partial charge in [-0.1, -0.05) is 6.92 Å². The van der Waals surface area contributed by atoms with E-state index in [9.17, 15) is 9.59 Å². The quantitative estimate of drug-likeness (QED) is 0.824. The van der Waals surface area contributed by atoms with Gasteiger partial charge in [0.15, 0.2) is 5.69 Å². The molecule has 2 aromatic heterocycles. The van der Waals surface area contributed by atoms with Gasteiger partial charge in [0.2, 0.25) is 0 Å². The highest BCUT2D eigenvalue weighted by Crippen LogP contribution is 2.37. The number of anilines is 1. The van der Waals surface area contributed by atoms with Gasteiger partial charge in [-0.25, -0.2) is 0 Å². The summed E-state index contributed by atoms with van der Waals surface area (Å²) in [6.07, 6.45) is 3.63. The van der Waals surface area contributed by atoms with Crippen molar-refractivity contribution in [2.75, 3.05) is 18.4 Å². The molecule has 1 aliphatic rings. The summed E-state index contributed by atoms with van der Waals surface area (Å²) in [4.78, 5) is 27.9. The molecule has 3 rings (SSSR count). The number of aromatic nitrogens is 2. The molecule has 8 heteroatoms. The maximum absolute atomic E-state index is 12.5. The van der Waals surface area contributed by atoms with Crippen molar-refractivity contribution in [3.05, 3.63) is 34.0 Å². The maximum atomic E-state index is 12.5. The number of carbonyl (C=O) groups is 2. The Labute approximate surface area is 150 Å². The van der Waals surface area contributed by atoms with Gasteiger partial charge in [0.05, 0.1) is 5.56 Å². The Balaban J connectivity index is 1.86. The van der Waals surface area contributed by atoms with Gasteiger partial charge >= 0.3 is 0 Å². The lowest BCUT2D eigenvalue weighted by Gasteiger charge is -2.26. The zero-order valence-corrected chi connectivity index (χ0v) is 15.4. The highest BCUT2D eigenvalue weighted by atomic mass is 32.1. The number of hydrogen-bond donors (Lipinski definition) is 2. The molecule has 3 N–H and O–H groups in total. The van der Waals surface area contributed by atoms with Gasteiger partial charge in [0.25, 0.3) is 11.8 Å². The first kappa shape index (κ1) is 17.6. The Bertz CT molecular complexity index is 795. The number of nitrogens with two attached hydrogens (primary N) is 1. The zero-order valence-electron chi connectivity index (χ0n) is 14.5. The Morgan fingerprint density at radius 3 is 2.84 bits per heavy atom. The molecule has 1 aliphatic heterocycles. The van der Waals surface area contributed by atoms with Gasteiger partial charge in [0.1, 0.15) is 5.00 Å². The van der Waals surface area contributed by atoms with Gasteiger partial charge in [-0.2, -0.15) is 5.10 Å². The zero-order chi connectivity index (χ0) is 18.0. The predicted octanol–water partition coefficient (Wildman–Crippen LogP) is 2.08. The molecule has 0 atom stereocenters. The number of hydrogen-bond acceptors (Lipinski definition) is 5. The number of amides is 2. The molecule has 3 heterocycles. The van der Waals surface area contributed by atoms with Crippen LogP contribution in [-0.4, -0.2) is 39.6 Å². The maximum Gasteiger partial charge on any atom is 0.276 e. The largest absolute Gasteiger partial charge is 0.365 e. The lowest BCUT2D eigenvalue weighted by atomic mass is 10.0. The summed E-state index contributed by atoms with van der Waals surface area (Å²) in [6, 6.07) is 1.67. The van der Waals surface area contributed by atoms with Crippen LogP contribution in [0.1, 0.15) is 51.6 Å². The highest BCUT2D eigenvalue weighted by molar-refractivity contribution is 7.17. The van der Waals surface area contributed by atoms with Crippen LogP contribution < -0.4 is 11.1 Å². The molecule has 134 valence electrons. The summed E-state index contributed by atoms with van der Waals surface area (Å²) in [5, 5.41) is 7.57. The first-order valence-corrected chi connectivity index (χ1v) is 9.36. The van der Waals surface area contributed by atoms with Crippen LogP contribution >= 0.6 is 11.3 Å². The van der Waals surface area contributed by atoms with E-state index in [1.165, 1.54) is 11.3 Å². The van der Waals surface area contributed by atoms with Gasteiger partial charge in [0, 0.05) is 30.7 Å². The van der Waals surface area contributed by atoms with Crippen molar-refractivity contribution in [1.82, 2.24) is 14.7 Å². The normalized spacial score (nSPS) is 14.3. The van der Waals surface area contributed by atoms with Crippen molar-refractivity contribution in [3.8, 4) is 0 Å². The average molecular weight is 361 g/mol. The Hall–Kier alpha value is -2.19. The van der Waals surface area contributed by atoms with Gasteiger partial charge in [-0.3, -0.25) is 19.2 Å². The lowest BCUT2D eigenvalue weighted by Crippen LogP contribution is -2.31. The van der Waals surface area contributed by atoms with E-state index in [-0.39, 0.29) is 5.91 Å². The van der Waals surface area contributed by atoms with E-state index in [1.807, 2.05) is 6.92 Å². The fraction of sp³-hybridized carbons (Fsp3) is 0.471. The van der Waals surface area contributed by atoms with E-state index in [4.69, 9.17) is 5.73 Å². The number of fused-ring (bicyclic) bond motifs is 1. The molecule has 2 aromatic rings. The molecule has 0 saturated heterocycles. The SMILES string of the molecule is CCCN1CCc2c(sc(NC(=O)c3ccn(CC)n3)c2C(N)=O)C1. The minimum Gasteiger partial charge on any atom is -0.365 e. The first-order valence-electron chi connectivity index (χ1n) is 8.55. The van der Waals surface area contributed by atoms with E-state index in [0.29, 0.717) is 22.8 Å². The number of nitrogens with zero attached hydrogens (tertiary/aromatic N) is 3. The van der Waals surface area contributed by atoms with Crippen LogP contribution in [0.3, 0.4) is 0 Å². The van der Waals surface area contributed by atoms with Gasteiger partial charge in [-0.15, -0.1) is 11.3 Å². The molecule has 0 saturated carbocycles. The Morgan fingerprint density at radius 2 is 2.20 bits per heavy atom. The molecule has 0 unspecified atom stereocenters. The third-order valence-electron chi connectivity index (χ3n) is 4.35. The van der Waals surface area contributed by atoms with E-state index in [2.05, 4.69) is 22.2 Å². The van der Waals surface area contributed by atoms with Crippen molar-refractivity contribution in [2.24, 2.45) is 5.73 Å². The molecule has 2 amide bonds. The fourth-order valence-corrected chi connectivity index (χ4v) is 4.43. The molecule has 0 radical (unpaired) electrons. The minimum absolute atomic E-state index is 0.321. The topological polar surface area (TPSA) is 93.2 Å². The molecule has 0 aliphatic carbocycles. The van der Waals surface area contributed by atoms with Crippen LogP contribution in [0.25, 0.3) is 0 Å². The average Bonchev–Trinajstić information content (AvgIpc) is 3.18. The summed E-state index contributed by atoms with van der Waals surface area (Å²) in [5.41, 5.74) is 7.37. The molecule has 0 aromatic carbocycles. The summed E-state index contributed by atoms with van der Waals surface area (Å²) in [5.74, 6) is -0.811. The molecular weight excluding hydrogens is 338 g/mol. The predicted molar refractivity (Wildman–Crippen MR) is 98.0 cm³/mol. The summed E-state index contributed by atoms with van der Waals surface area (Å²) >= 11 is 1.45. The number of nitrogens with one attached hydrogen (secondary N) is 1. The molecule has 7 nitrogen and oxygen atoms in total. The third-order valence-corrected chi connectivity index (χ3v) is 5.48. The van der Waals surface area contributed by atoms with Crippen molar-refractivity contribution >= 4 is 28.2 Å². The fourth-order valence-electron chi connectivity index (χ4n) is 3.14. The second kappa shape index (κ2) is 7.37. The number of primary amides is 1. The standard InChI is InChI=1S/C17H23N5O2S/c1-3-7-21-8-5-11-13(10-21)25-17(14(11)15(18)23)19-16(24)12-6-9-22(4-2)20-12/h6,9H,3-5,7-8,10H2,1-2H3,(H2,18,23)(H,19,24). The van der Waals surface area contributed by atoms with Crippen molar-refractivity contribution < 1.29 is 9.59 Å². The lowest BCUT2D eigenvalue weighted by molar-refractivity contribution is 0.1000. The van der Waals surface area contributed by atoms with Crippen molar-refractivity contribution in [2.45, 2.75) is 39.8 Å². The van der Waals surface area contributed by atoms with Gasteiger partial charge < -0.3 is 11.1 Å². The van der Waals surface area contributed by atoms with E-state index in [0.717, 1.165) is 42.9 Å². The molecule has 25 heavy (non-hydrogen) atoms. The summed E-state index contributed by atoms with van der Waals surface area (Å²) < 4.78 is 1.69. The third kappa shape index (κ3) is 3.59. The number of aryl methyl sites for hydroxylation is 1. The summed E-state index contributed by atoms with van der Waals surface area (Å²) in [6.45, 7) is 7.54.